The van der Waals surface area contributed by atoms with Gasteiger partial charge in [0.05, 0.1) is 11.3 Å². The van der Waals surface area contributed by atoms with Gasteiger partial charge in [0.2, 0.25) is 11.1 Å². The molecule has 8 heteroatoms. The minimum absolute atomic E-state index is 0.163. The number of para-hydroxylation sites is 1. The van der Waals surface area contributed by atoms with Gasteiger partial charge in [0.15, 0.2) is 5.65 Å². The Morgan fingerprint density at radius 2 is 2.07 bits per heavy atom. The number of rotatable bonds is 4. The number of carbonyl (C=O) groups excluding carboxylic acids is 1. The van der Waals surface area contributed by atoms with Crippen LogP contribution in [-0.2, 0) is 4.79 Å². The Bertz CT molecular complexity index is 1030. The summed E-state index contributed by atoms with van der Waals surface area (Å²) in [6.07, 6.45) is 4.49. The van der Waals surface area contributed by atoms with E-state index in [0.717, 1.165) is 35.7 Å². The number of aromatic nitrogens is 4. The Morgan fingerprint density at radius 1 is 1.30 bits per heavy atom. The van der Waals surface area contributed by atoms with Crippen molar-refractivity contribution < 1.29 is 4.79 Å². The van der Waals surface area contributed by atoms with E-state index in [0.29, 0.717) is 23.6 Å². The van der Waals surface area contributed by atoms with E-state index < -0.39 is 10.8 Å². The summed E-state index contributed by atoms with van der Waals surface area (Å²) >= 11 is 1.25. The van der Waals surface area contributed by atoms with Gasteiger partial charge in [-0.15, -0.1) is 10.2 Å². The molecule has 2 aromatic heterocycles. The van der Waals surface area contributed by atoms with Crippen LogP contribution in [0.25, 0.3) is 22.1 Å². The van der Waals surface area contributed by atoms with Gasteiger partial charge in [-0.3, -0.25) is 4.79 Å². The third kappa shape index (κ3) is 3.47. The first-order valence-electron chi connectivity index (χ1n) is 9.11. The fourth-order valence-corrected chi connectivity index (χ4v) is 4.24. The van der Waals surface area contributed by atoms with Crippen molar-refractivity contribution in [2.75, 3.05) is 0 Å². The molecule has 1 fully saturated rings. The van der Waals surface area contributed by atoms with Crippen molar-refractivity contribution in [3.63, 3.8) is 0 Å². The number of nitrogens with zero attached hydrogens (tertiary/aromatic N) is 4. The molecule has 1 aliphatic rings. The van der Waals surface area contributed by atoms with E-state index in [2.05, 4.69) is 31.6 Å². The van der Waals surface area contributed by atoms with Gasteiger partial charge in [0.1, 0.15) is 11.1 Å². The first kappa shape index (κ1) is 17.7. The van der Waals surface area contributed by atoms with Crippen LogP contribution >= 0.6 is 11.8 Å². The number of aromatic amines is 1. The van der Waals surface area contributed by atoms with Crippen molar-refractivity contribution in [1.82, 2.24) is 25.5 Å². The lowest BCUT2D eigenvalue weighted by Crippen LogP contribution is -2.50. The smallest absolute Gasteiger partial charge is 0.234 e. The second kappa shape index (κ2) is 7.16. The monoisotopic (exact) mass is 380 g/mol. The number of nitrogens with one attached hydrogen (secondary N) is 2. The molecule has 0 radical (unpaired) electrons. The second-order valence-corrected chi connectivity index (χ2v) is 8.27. The largest absolute Gasteiger partial charge is 0.338 e. The van der Waals surface area contributed by atoms with Crippen LogP contribution < -0.4 is 5.32 Å². The quantitative estimate of drug-likeness (QED) is 0.672. The molecular formula is C19H20N6OS. The first-order valence-corrected chi connectivity index (χ1v) is 9.99. The lowest BCUT2D eigenvalue weighted by atomic mass is 9.83. The average Bonchev–Trinajstić information content (AvgIpc) is 3.06. The Kier molecular flexibility index (Phi) is 4.70. The third-order valence-corrected chi connectivity index (χ3v) is 5.99. The van der Waals surface area contributed by atoms with E-state index in [-0.39, 0.29) is 5.91 Å². The molecular weight excluding hydrogens is 360 g/mol. The minimum atomic E-state index is -0.732. The number of benzene rings is 1. The fraction of sp³-hybridized carbons (Fsp3) is 0.421. The van der Waals surface area contributed by atoms with E-state index in [1.807, 2.05) is 24.3 Å². The summed E-state index contributed by atoms with van der Waals surface area (Å²) in [4.78, 5) is 20.4. The van der Waals surface area contributed by atoms with Gasteiger partial charge in [-0.1, -0.05) is 49.2 Å². The van der Waals surface area contributed by atoms with Crippen molar-refractivity contribution in [3.8, 4) is 6.07 Å². The maximum absolute atomic E-state index is 12.6. The van der Waals surface area contributed by atoms with Gasteiger partial charge >= 0.3 is 0 Å². The van der Waals surface area contributed by atoms with Crippen LogP contribution in [0.5, 0.6) is 0 Å². The zero-order valence-electron chi connectivity index (χ0n) is 15.0. The average molecular weight is 380 g/mol. The third-order valence-electron chi connectivity index (χ3n) is 5.04. The molecule has 1 amide bonds. The summed E-state index contributed by atoms with van der Waals surface area (Å²) in [5.41, 5.74) is 1.60. The van der Waals surface area contributed by atoms with E-state index >= 15 is 0 Å². The van der Waals surface area contributed by atoms with E-state index in [9.17, 15) is 10.1 Å². The molecule has 0 unspecified atom stereocenters. The summed E-state index contributed by atoms with van der Waals surface area (Å²) in [7, 11) is 0. The normalized spacial score (nSPS) is 17.5. The summed E-state index contributed by atoms with van der Waals surface area (Å²) in [6.45, 7) is 1.80. The number of hydrogen-bond donors (Lipinski definition) is 2. The van der Waals surface area contributed by atoms with Crippen LogP contribution in [0.4, 0.5) is 0 Å². The van der Waals surface area contributed by atoms with Crippen molar-refractivity contribution in [3.05, 3.63) is 24.3 Å². The lowest BCUT2D eigenvalue weighted by molar-refractivity contribution is -0.121. The number of carbonyl (C=O) groups is 1. The number of H-pyrrole nitrogens is 1. The van der Waals surface area contributed by atoms with Crippen LogP contribution in [-0.4, -0.2) is 36.9 Å². The molecule has 1 aromatic carbocycles. The number of thioether (sulfide) groups is 1. The van der Waals surface area contributed by atoms with E-state index in [1.54, 1.807) is 6.92 Å². The topological polar surface area (TPSA) is 107 Å². The Morgan fingerprint density at radius 3 is 2.85 bits per heavy atom. The highest BCUT2D eigenvalue weighted by atomic mass is 32.2. The minimum Gasteiger partial charge on any atom is -0.338 e. The summed E-state index contributed by atoms with van der Waals surface area (Å²) in [5.74, 6) is -0.163. The molecule has 2 heterocycles. The molecule has 1 saturated carbocycles. The molecule has 138 valence electrons. The van der Waals surface area contributed by atoms with Gasteiger partial charge < -0.3 is 10.3 Å². The number of amides is 1. The van der Waals surface area contributed by atoms with Gasteiger partial charge in [-0.25, -0.2) is 4.98 Å². The zero-order valence-corrected chi connectivity index (χ0v) is 15.8. The second-order valence-electron chi connectivity index (χ2n) is 6.97. The van der Waals surface area contributed by atoms with Crippen molar-refractivity contribution in [2.45, 2.75) is 55.0 Å². The Labute approximate surface area is 161 Å². The van der Waals surface area contributed by atoms with Crippen LogP contribution in [0, 0.1) is 11.3 Å². The first-order chi connectivity index (χ1) is 13.1. The van der Waals surface area contributed by atoms with Crippen LogP contribution in [0.15, 0.2) is 29.4 Å². The summed E-state index contributed by atoms with van der Waals surface area (Å²) in [6, 6.07) is 10.1. The molecule has 0 aliphatic heterocycles. The molecule has 0 bridgehead atoms. The zero-order chi connectivity index (χ0) is 18.9. The van der Waals surface area contributed by atoms with Crippen molar-refractivity contribution in [1.29, 1.82) is 5.26 Å². The maximum atomic E-state index is 12.6. The molecule has 0 spiro atoms. The highest BCUT2D eigenvalue weighted by molar-refractivity contribution is 8.00. The van der Waals surface area contributed by atoms with Gasteiger partial charge in [0.25, 0.3) is 0 Å². The molecule has 3 aromatic rings. The molecule has 1 aliphatic carbocycles. The maximum Gasteiger partial charge on any atom is 0.234 e. The predicted molar refractivity (Wildman–Crippen MR) is 104 cm³/mol. The van der Waals surface area contributed by atoms with Crippen molar-refractivity contribution in [2.24, 2.45) is 0 Å². The van der Waals surface area contributed by atoms with Gasteiger partial charge in [0, 0.05) is 10.9 Å². The molecule has 4 rings (SSSR count). The molecule has 0 saturated heterocycles. The standard InChI is InChI=1S/C19H20N6OS/c1-12(17(26)23-19(11-20)9-5-2-6-10-19)27-18-22-16-15(24-25-18)13-7-3-4-8-14(13)21-16/h3-4,7-8,12H,2,5-6,9-10H2,1H3,(H,23,26)(H,21,22,25)/t12-/m0/s1. The Balaban J connectivity index is 1.50. The predicted octanol–water partition coefficient (Wildman–Crippen LogP) is 3.33. The molecule has 27 heavy (non-hydrogen) atoms. The number of hydrogen-bond acceptors (Lipinski definition) is 6. The van der Waals surface area contributed by atoms with Gasteiger partial charge in [-0.05, 0) is 25.8 Å². The van der Waals surface area contributed by atoms with Crippen molar-refractivity contribution >= 4 is 39.7 Å². The van der Waals surface area contributed by atoms with Crippen LogP contribution in [0.1, 0.15) is 39.0 Å². The van der Waals surface area contributed by atoms with Gasteiger partial charge in [-0.2, -0.15) is 5.26 Å². The summed E-state index contributed by atoms with van der Waals surface area (Å²) < 4.78 is 0. The highest BCUT2D eigenvalue weighted by Gasteiger charge is 2.35. The number of fused-ring (bicyclic) bond motifs is 3. The highest BCUT2D eigenvalue weighted by Crippen LogP contribution is 2.29. The Hall–Kier alpha value is -2.66. The summed E-state index contributed by atoms with van der Waals surface area (Å²) in [5, 5.41) is 21.9. The van der Waals surface area contributed by atoms with Crippen LogP contribution in [0.3, 0.4) is 0 Å². The lowest BCUT2D eigenvalue weighted by Gasteiger charge is -2.32. The fourth-order valence-electron chi connectivity index (χ4n) is 3.52. The number of nitriles is 1. The van der Waals surface area contributed by atoms with E-state index in [1.165, 1.54) is 11.8 Å². The molecule has 2 N–H and O–H groups in total. The SMILES string of the molecule is C[C@H](Sc1nnc2c(n1)[nH]c1ccccc12)C(=O)NC1(C#N)CCCCC1. The molecule has 7 nitrogen and oxygen atoms in total. The molecule has 1 atom stereocenters. The van der Waals surface area contributed by atoms with Crippen LogP contribution in [0.2, 0.25) is 0 Å². The van der Waals surface area contributed by atoms with E-state index in [4.69, 9.17) is 0 Å².